The molecule has 0 atom stereocenters. The predicted octanol–water partition coefficient (Wildman–Crippen LogP) is 0.804. The zero-order valence-electron chi connectivity index (χ0n) is 11.6. The molecule has 1 saturated heterocycles. The van der Waals surface area contributed by atoms with Crippen molar-refractivity contribution in [2.24, 2.45) is 0 Å². The van der Waals surface area contributed by atoms with Crippen molar-refractivity contribution < 1.29 is 27.8 Å². The van der Waals surface area contributed by atoms with Gasteiger partial charge in [0.15, 0.2) is 0 Å². The van der Waals surface area contributed by atoms with Gasteiger partial charge in [-0.3, -0.25) is 0 Å². The van der Waals surface area contributed by atoms with Crippen molar-refractivity contribution in [2.45, 2.75) is 11.8 Å². The van der Waals surface area contributed by atoms with E-state index >= 15 is 0 Å². The number of ether oxygens (including phenoxy) is 2. The molecule has 1 fully saturated rings. The third-order valence-electron chi connectivity index (χ3n) is 3.08. The molecule has 0 aliphatic carbocycles. The highest BCUT2D eigenvalue weighted by Crippen LogP contribution is 2.28. The smallest absolute Gasteiger partial charge is 0.335 e. The monoisotopic (exact) mass is 315 g/mol. The normalized spacial score (nSPS) is 16.6. The van der Waals surface area contributed by atoms with E-state index in [-0.39, 0.29) is 35.9 Å². The Morgan fingerprint density at radius 2 is 2.05 bits per heavy atom. The number of aromatic carboxylic acids is 1. The zero-order chi connectivity index (χ0) is 15.5. The van der Waals surface area contributed by atoms with E-state index < -0.39 is 16.0 Å². The first-order chi connectivity index (χ1) is 9.96. The molecule has 2 rings (SSSR count). The molecule has 0 aromatic heterocycles. The number of rotatable bonds is 5. The summed E-state index contributed by atoms with van der Waals surface area (Å²) in [6.45, 7) is 3.15. The van der Waals surface area contributed by atoms with Gasteiger partial charge in [-0.15, -0.1) is 0 Å². The van der Waals surface area contributed by atoms with Crippen molar-refractivity contribution in [1.29, 1.82) is 0 Å². The maximum absolute atomic E-state index is 12.7. The van der Waals surface area contributed by atoms with Crippen LogP contribution in [0.3, 0.4) is 0 Å². The van der Waals surface area contributed by atoms with Crippen molar-refractivity contribution in [3.8, 4) is 5.75 Å². The predicted molar refractivity (Wildman–Crippen MR) is 74.1 cm³/mol. The van der Waals surface area contributed by atoms with E-state index in [1.54, 1.807) is 6.92 Å². The molecular formula is C13H17NO6S. The number of carboxylic acids is 1. The first-order valence-electron chi connectivity index (χ1n) is 6.55. The highest BCUT2D eigenvalue weighted by Gasteiger charge is 2.30. The van der Waals surface area contributed by atoms with Crippen molar-refractivity contribution in [2.75, 3.05) is 32.9 Å². The number of hydrogen-bond donors (Lipinski definition) is 1. The first-order valence-corrected chi connectivity index (χ1v) is 7.99. The minimum absolute atomic E-state index is 0.0923. The second-order valence-corrected chi connectivity index (χ2v) is 6.32. The summed E-state index contributed by atoms with van der Waals surface area (Å²) in [6, 6.07) is 3.84. The highest BCUT2D eigenvalue weighted by molar-refractivity contribution is 7.89. The summed E-state index contributed by atoms with van der Waals surface area (Å²) in [4.78, 5) is 10.9. The van der Waals surface area contributed by atoms with Crippen LogP contribution in [0.5, 0.6) is 5.75 Å². The van der Waals surface area contributed by atoms with Crippen LogP contribution in [0.4, 0.5) is 0 Å². The lowest BCUT2D eigenvalue weighted by molar-refractivity contribution is 0.0695. The molecule has 0 amide bonds. The van der Waals surface area contributed by atoms with Gasteiger partial charge in [0, 0.05) is 13.1 Å². The maximum Gasteiger partial charge on any atom is 0.335 e. The molecule has 0 radical (unpaired) electrons. The van der Waals surface area contributed by atoms with Crippen LogP contribution in [0, 0.1) is 0 Å². The molecule has 1 aliphatic heterocycles. The van der Waals surface area contributed by atoms with Gasteiger partial charge >= 0.3 is 5.97 Å². The third kappa shape index (κ3) is 3.34. The molecule has 116 valence electrons. The SMILES string of the molecule is CCOc1ccc(C(=O)O)cc1S(=O)(=O)N1CCOCC1. The molecule has 1 aliphatic rings. The maximum atomic E-state index is 12.7. The summed E-state index contributed by atoms with van der Waals surface area (Å²) in [5.74, 6) is -1.02. The molecule has 8 heteroatoms. The van der Waals surface area contributed by atoms with Crippen molar-refractivity contribution >= 4 is 16.0 Å². The molecular weight excluding hydrogens is 298 g/mol. The molecule has 1 heterocycles. The molecule has 0 saturated carbocycles. The van der Waals surface area contributed by atoms with E-state index in [9.17, 15) is 13.2 Å². The van der Waals surface area contributed by atoms with Crippen LogP contribution in [-0.4, -0.2) is 56.7 Å². The molecule has 1 aromatic rings. The lowest BCUT2D eigenvalue weighted by Crippen LogP contribution is -2.40. The van der Waals surface area contributed by atoms with E-state index in [1.165, 1.54) is 16.4 Å². The number of nitrogens with zero attached hydrogens (tertiary/aromatic N) is 1. The minimum atomic E-state index is -3.81. The summed E-state index contributed by atoms with van der Waals surface area (Å²) in [5, 5.41) is 9.04. The number of hydrogen-bond acceptors (Lipinski definition) is 5. The van der Waals surface area contributed by atoms with Crippen LogP contribution in [0.2, 0.25) is 0 Å². The van der Waals surface area contributed by atoms with Gasteiger partial charge in [-0.2, -0.15) is 4.31 Å². The Kier molecular flexibility index (Phi) is 4.81. The molecule has 1 aromatic carbocycles. The van der Waals surface area contributed by atoms with E-state index in [4.69, 9.17) is 14.6 Å². The molecule has 0 spiro atoms. The zero-order valence-corrected chi connectivity index (χ0v) is 12.4. The largest absolute Gasteiger partial charge is 0.492 e. The van der Waals surface area contributed by atoms with Gasteiger partial charge in [0.05, 0.1) is 25.4 Å². The summed E-state index contributed by atoms with van der Waals surface area (Å²) in [5.41, 5.74) is -0.0923. The molecule has 0 unspecified atom stereocenters. The number of carboxylic acid groups (broad SMARTS) is 1. The molecule has 0 bridgehead atoms. The van der Waals surface area contributed by atoms with Gasteiger partial charge in [-0.25, -0.2) is 13.2 Å². The Morgan fingerprint density at radius 3 is 2.62 bits per heavy atom. The van der Waals surface area contributed by atoms with Crippen molar-refractivity contribution in [1.82, 2.24) is 4.31 Å². The van der Waals surface area contributed by atoms with Crippen LogP contribution in [0.1, 0.15) is 17.3 Å². The molecule has 7 nitrogen and oxygen atoms in total. The lowest BCUT2D eigenvalue weighted by Gasteiger charge is -2.26. The average Bonchev–Trinajstić information content (AvgIpc) is 2.48. The molecule has 21 heavy (non-hydrogen) atoms. The fraction of sp³-hybridized carbons (Fsp3) is 0.462. The Bertz CT molecular complexity index is 622. The van der Waals surface area contributed by atoms with Crippen LogP contribution in [0.15, 0.2) is 23.1 Å². The van der Waals surface area contributed by atoms with Crippen LogP contribution >= 0.6 is 0 Å². The highest BCUT2D eigenvalue weighted by atomic mass is 32.2. The Morgan fingerprint density at radius 1 is 1.38 bits per heavy atom. The summed E-state index contributed by atoms with van der Waals surface area (Å²) in [7, 11) is -3.81. The Balaban J connectivity index is 2.47. The number of morpholine rings is 1. The first kappa shape index (κ1) is 15.7. The van der Waals surface area contributed by atoms with Gasteiger partial charge in [-0.1, -0.05) is 0 Å². The summed E-state index contributed by atoms with van der Waals surface area (Å²) in [6.07, 6.45) is 0. The summed E-state index contributed by atoms with van der Waals surface area (Å²) >= 11 is 0. The van der Waals surface area contributed by atoms with Gasteiger partial charge in [0.1, 0.15) is 10.6 Å². The quantitative estimate of drug-likeness (QED) is 0.864. The number of benzene rings is 1. The van der Waals surface area contributed by atoms with Crippen LogP contribution < -0.4 is 4.74 Å². The fourth-order valence-corrected chi connectivity index (χ4v) is 3.61. The van der Waals surface area contributed by atoms with Crippen molar-refractivity contribution in [3.05, 3.63) is 23.8 Å². The van der Waals surface area contributed by atoms with Gasteiger partial charge < -0.3 is 14.6 Å². The average molecular weight is 315 g/mol. The van der Waals surface area contributed by atoms with E-state index in [0.29, 0.717) is 13.2 Å². The minimum Gasteiger partial charge on any atom is -0.492 e. The van der Waals surface area contributed by atoms with Gasteiger partial charge in [0.25, 0.3) is 0 Å². The molecule has 1 N–H and O–H groups in total. The number of carbonyl (C=O) groups is 1. The second kappa shape index (κ2) is 6.42. The van der Waals surface area contributed by atoms with Gasteiger partial charge in [0.2, 0.25) is 10.0 Å². The topological polar surface area (TPSA) is 93.1 Å². The lowest BCUT2D eigenvalue weighted by atomic mass is 10.2. The Labute approximate surface area is 123 Å². The van der Waals surface area contributed by atoms with Crippen molar-refractivity contribution in [3.63, 3.8) is 0 Å². The standard InChI is InChI=1S/C13H17NO6S/c1-2-20-11-4-3-10(13(15)16)9-12(11)21(17,18)14-5-7-19-8-6-14/h3-4,9H,2,5-8H2,1H3,(H,15,16). The fourth-order valence-electron chi connectivity index (χ4n) is 2.04. The third-order valence-corrected chi connectivity index (χ3v) is 5.00. The van der Waals surface area contributed by atoms with Crippen LogP contribution in [-0.2, 0) is 14.8 Å². The second-order valence-electron chi connectivity index (χ2n) is 4.42. The Hall–Kier alpha value is -1.64. The van der Waals surface area contributed by atoms with E-state index in [2.05, 4.69) is 0 Å². The van der Waals surface area contributed by atoms with E-state index in [0.717, 1.165) is 6.07 Å². The number of sulfonamides is 1. The van der Waals surface area contributed by atoms with Gasteiger partial charge in [-0.05, 0) is 25.1 Å². The van der Waals surface area contributed by atoms with E-state index in [1.807, 2.05) is 0 Å². The van der Waals surface area contributed by atoms with Crippen LogP contribution in [0.25, 0.3) is 0 Å². The summed E-state index contributed by atoms with van der Waals surface area (Å²) < 4.78 is 37.0.